The number of nitrogens with two attached hydrogens (primary N) is 1. The number of hydrogen-bond donors (Lipinski definition) is 3. The quantitative estimate of drug-likeness (QED) is 0.694. The van der Waals surface area contributed by atoms with Gasteiger partial charge in [-0.05, 0) is 48.4 Å². The van der Waals surface area contributed by atoms with Crippen molar-refractivity contribution in [2.45, 2.75) is 30.2 Å². The summed E-state index contributed by atoms with van der Waals surface area (Å²) in [4.78, 5) is 12.3. The van der Waals surface area contributed by atoms with Crippen molar-refractivity contribution >= 4 is 16.1 Å². The molecule has 2 aromatic carbocycles. The van der Waals surface area contributed by atoms with Gasteiger partial charge in [-0.2, -0.15) is 0 Å². The maximum Gasteiger partial charge on any atom is 0.315 e. The Balaban J connectivity index is 1.49. The van der Waals surface area contributed by atoms with Crippen LogP contribution in [0.5, 0.6) is 0 Å². The van der Waals surface area contributed by atoms with Gasteiger partial charge in [0.05, 0.1) is 10.9 Å². The van der Waals surface area contributed by atoms with E-state index in [1.807, 2.05) is 30.3 Å². The fraction of sp³-hybridized carbons (Fsp3) is 0.316. The summed E-state index contributed by atoms with van der Waals surface area (Å²) in [7, 11) is -3.68. The molecule has 0 aromatic heterocycles. The Kier molecular flexibility index (Phi) is 5.58. The summed E-state index contributed by atoms with van der Waals surface area (Å²) >= 11 is 0. The molecular formula is C19H23N3O3S. The van der Waals surface area contributed by atoms with Gasteiger partial charge in [-0.3, -0.25) is 0 Å². The SMILES string of the molecule is NS(=O)(=O)c1ccc(CCNC(=O)NC(c2ccccc2)C2CC2)cc1. The van der Waals surface area contributed by atoms with Crippen LogP contribution in [0.15, 0.2) is 59.5 Å². The van der Waals surface area contributed by atoms with E-state index in [0.29, 0.717) is 18.9 Å². The van der Waals surface area contributed by atoms with Crippen molar-refractivity contribution in [2.24, 2.45) is 11.1 Å². The average Bonchev–Trinajstić information content (AvgIpc) is 3.45. The zero-order valence-corrected chi connectivity index (χ0v) is 15.2. The molecule has 4 N–H and O–H groups in total. The minimum Gasteiger partial charge on any atom is -0.338 e. The molecule has 0 bridgehead atoms. The molecule has 2 amide bonds. The number of benzene rings is 2. The Morgan fingerprint density at radius 2 is 1.73 bits per heavy atom. The molecule has 1 atom stereocenters. The Morgan fingerprint density at radius 3 is 2.31 bits per heavy atom. The van der Waals surface area contributed by atoms with Gasteiger partial charge in [0.25, 0.3) is 0 Å². The highest BCUT2D eigenvalue weighted by Gasteiger charge is 2.33. The first kappa shape index (κ1) is 18.4. The largest absolute Gasteiger partial charge is 0.338 e. The molecule has 1 aliphatic rings. The maximum absolute atomic E-state index is 12.2. The zero-order valence-electron chi connectivity index (χ0n) is 14.4. The molecular weight excluding hydrogens is 350 g/mol. The molecule has 0 saturated heterocycles. The summed E-state index contributed by atoms with van der Waals surface area (Å²) in [6.45, 7) is 0.465. The van der Waals surface area contributed by atoms with Crippen molar-refractivity contribution in [3.05, 3.63) is 65.7 Å². The number of sulfonamides is 1. The van der Waals surface area contributed by atoms with Crippen LogP contribution < -0.4 is 15.8 Å². The van der Waals surface area contributed by atoms with Gasteiger partial charge in [0.15, 0.2) is 0 Å². The number of carbonyl (C=O) groups is 1. The Morgan fingerprint density at radius 1 is 1.08 bits per heavy atom. The Labute approximate surface area is 153 Å². The van der Waals surface area contributed by atoms with Gasteiger partial charge in [-0.25, -0.2) is 18.4 Å². The van der Waals surface area contributed by atoms with E-state index in [2.05, 4.69) is 10.6 Å². The van der Waals surface area contributed by atoms with Crippen LogP contribution in [0, 0.1) is 5.92 Å². The molecule has 2 aromatic rings. The third-order valence-corrected chi connectivity index (χ3v) is 5.42. The lowest BCUT2D eigenvalue weighted by atomic mass is 10.0. The van der Waals surface area contributed by atoms with Crippen LogP contribution in [0.1, 0.15) is 30.0 Å². The van der Waals surface area contributed by atoms with Gasteiger partial charge in [-0.1, -0.05) is 42.5 Å². The molecule has 0 spiro atoms. The van der Waals surface area contributed by atoms with Crippen molar-refractivity contribution in [3.8, 4) is 0 Å². The summed E-state index contributed by atoms with van der Waals surface area (Å²) < 4.78 is 22.5. The second-order valence-electron chi connectivity index (χ2n) is 6.56. The number of amides is 2. The van der Waals surface area contributed by atoms with Crippen molar-refractivity contribution in [1.82, 2.24) is 10.6 Å². The highest BCUT2D eigenvalue weighted by molar-refractivity contribution is 7.89. The molecule has 1 fully saturated rings. The summed E-state index contributed by atoms with van der Waals surface area (Å²) in [5, 5.41) is 11.0. The van der Waals surface area contributed by atoms with Crippen LogP contribution in [0.4, 0.5) is 4.79 Å². The van der Waals surface area contributed by atoms with E-state index in [9.17, 15) is 13.2 Å². The molecule has 7 heteroatoms. The number of carbonyl (C=O) groups excluding carboxylic acids is 1. The summed E-state index contributed by atoms with van der Waals surface area (Å²) in [6.07, 6.45) is 2.88. The summed E-state index contributed by atoms with van der Waals surface area (Å²) in [5.74, 6) is 0.508. The normalized spacial score (nSPS) is 15.3. The highest BCUT2D eigenvalue weighted by atomic mass is 32.2. The average molecular weight is 373 g/mol. The molecule has 0 heterocycles. The van der Waals surface area contributed by atoms with E-state index in [-0.39, 0.29) is 17.0 Å². The van der Waals surface area contributed by atoms with E-state index >= 15 is 0 Å². The van der Waals surface area contributed by atoms with Crippen molar-refractivity contribution in [2.75, 3.05) is 6.54 Å². The monoisotopic (exact) mass is 373 g/mol. The number of nitrogens with one attached hydrogen (secondary N) is 2. The molecule has 0 aliphatic heterocycles. The van der Waals surface area contributed by atoms with Crippen LogP contribution in [0.3, 0.4) is 0 Å². The van der Waals surface area contributed by atoms with Gasteiger partial charge in [0.1, 0.15) is 0 Å². The molecule has 3 rings (SSSR count). The van der Waals surface area contributed by atoms with E-state index in [1.165, 1.54) is 12.1 Å². The number of hydrogen-bond acceptors (Lipinski definition) is 3. The maximum atomic E-state index is 12.2. The number of urea groups is 1. The lowest BCUT2D eigenvalue weighted by molar-refractivity contribution is 0.235. The Bertz CT molecular complexity index is 847. The second-order valence-corrected chi connectivity index (χ2v) is 8.13. The van der Waals surface area contributed by atoms with Crippen LogP contribution in [0.25, 0.3) is 0 Å². The van der Waals surface area contributed by atoms with E-state index in [1.54, 1.807) is 12.1 Å². The fourth-order valence-electron chi connectivity index (χ4n) is 2.92. The van der Waals surface area contributed by atoms with Gasteiger partial charge in [0, 0.05) is 6.54 Å². The van der Waals surface area contributed by atoms with Crippen LogP contribution in [0.2, 0.25) is 0 Å². The minimum atomic E-state index is -3.68. The van der Waals surface area contributed by atoms with Crippen LogP contribution in [-0.4, -0.2) is 21.0 Å². The first-order valence-corrected chi connectivity index (χ1v) is 10.2. The molecule has 1 unspecified atom stereocenters. The van der Waals surface area contributed by atoms with Crippen LogP contribution >= 0.6 is 0 Å². The number of primary sulfonamides is 1. The molecule has 1 saturated carbocycles. The van der Waals surface area contributed by atoms with Crippen LogP contribution in [-0.2, 0) is 16.4 Å². The first-order valence-electron chi connectivity index (χ1n) is 8.64. The van der Waals surface area contributed by atoms with Crippen molar-refractivity contribution in [1.29, 1.82) is 0 Å². The van der Waals surface area contributed by atoms with Gasteiger partial charge in [0.2, 0.25) is 10.0 Å². The second kappa shape index (κ2) is 7.88. The van der Waals surface area contributed by atoms with Gasteiger partial charge in [-0.15, -0.1) is 0 Å². The van der Waals surface area contributed by atoms with E-state index < -0.39 is 10.0 Å². The first-order chi connectivity index (χ1) is 12.4. The van der Waals surface area contributed by atoms with Gasteiger partial charge < -0.3 is 10.6 Å². The van der Waals surface area contributed by atoms with E-state index in [4.69, 9.17) is 5.14 Å². The fourth-order valence-corrected chi connectivity index (χ4v) is 3.44. The van der Waals surface area contributed by atoms with E-state index in [0.717, 1.165) is 24.0 Å². The Hall–Kier alpha value is -2.38. The third kappa shape index (κ3) is 5.06. The molecule has 0 radical (unpaired) electrons. The summed E-state index contributed by atoms with van der Waals surface area (Å²) in [5.41, 5.74) is 2.06. The predicted octanol–water partition coefficient (Wildman–Crippen LogP) is 2.33. The highest BCUT2D eigenvalue weighted by Crippen LogP contribution is 2.40. The minimum absolute atomic E-state index is 0.0465. The molecule has 26 heavy (non-hydrogen) atoms. The smallest absolute Gasteiger partial charge is 0.315 e. The lowest BCUT2D eigenvalue weighted by Crippen LogP contribution is -2.39. The molecule has 138 valence electrons. The molecule has 6 nitrogen and oxygen atoms in total. The predicted molar refractivity (Wildman–Crippen MR) is 100.0 cm³/mol. The number of rotatable bonds is 7. The topological polar surface area (TPSA) is 101 Å². The van der Waals surface area contributed by atoms with Crippen molar-refractivity contribution < 1.29 is 13.2 Å². The van der Waals surface area contributed by atoms with Gasteiger partial charge >= 0.3 is 6.03 Å². The lowest BCUT2D eigenvalue weighted by Gasteiger charge is -2.19. The standard InChI is InChI=1S/C19H23N3O3S/c20-26(24,25)17-10-6-14(7-11-17)12-13-21-19(23)22-18(16-8-9-16)15-4-2-1-3-5-15/h1-7,10-11,16,18H,8-9,12-13H2,(H2,20,24,25)(H2,21,22,23). The zero-order chi connectivity index (χ0) is 18.6. The van der Waals surface area contributed by atoms with Crippen molar-refractivity contribution in [3.63, 3.8) is 0 Å². The molecule has 1 aliphatic carbocycles. The summed E-state index contributed by atoms with van der Waals surface area (Å²) in [6, 6.07) is 16.2. The third-order valence-electron chi connectivity index (χ3n) is 4.49.